The molecule has 3 nitrogen and oxygen atoms in total. The number of hydrogen-bond acceptors (Lipinski definition) is 1. The van der Waals surface area contributed by atoms with Crippen molar-refractivity contribution in [3.05, 3.63) is 5.84 Å². The Balaban J connectivity index is 2.19. The Morgan fingerprint density at radius 1 is 1.38 bits per heavy atom. The zero-order valence-electron chi connectivity index (χ0n) is 5.28. The van der Waals surface area contributed by atoms with Crippen LogP contribution in [0.3, 0.4) is 0 Å². The van der Waals surface area contributed by atoms with Crippen molar-refractivity contribution >= 4 is 0 Å². The van der Waals surface area contributed by atoms with E-state index >= 15 is 0 Å². The van der Waals surface area contributed by atoms with Crippen LogP contribution in [0.25, 0.3) is 5.84 Å². The van der Waals surface area contributed by atoms with Crippen molar-refractivity contribution in [1.29, 1.82) is 0 Å². The number of piperazine rings is 1. The molecule has 1 aliphatic heterocycles. The molecule has 1 saturated heterocycles. The smallest absolute Gasteiger partial charge is 0.0811 e. The molecule has 1 rings (SSSR count). The van der Waals surface area contributed by atoms with E-state index in [4.69, 9.17) is 5.84 Å². The standard InChI is InChI=1S/C5H13N3/c1-7-2-4-8(6)5-3-7/h6,8H,2-5H2,1H3. The Labute approximate surface area is 50.0 Å². The lowest BCUT2D eigenvalue weighted by atomic mass is 10.4. The van der Waals surface area contributed by atoms with Gasteiger partial charge in [0.15, 0.2) is 0 Å². The number of hydrogen-bond donors (Lipinski definition) is 1. The largest absolute Gasteiger partial charge is 0.469 e. The van der Waals surface area contributed by atoms with Gasteiger partial charge in [0, 0.05) is 13.1 Å². The molecular formula is C5H13N3. The van der Waals surface area contributed by atoms with Gasteiger partial charge in [0.1, 0.15) is 0 Å². The third-order valence-electron chi connectivity index (χ3n) is 1.59. The van der Waals surface area contributed by atoms with Crippen LogP contribution >= 0.6 is 0 Å². The number of likely N-dealkylation sites (N-methyl/N-ethyl adjacent to an activating group) is 1. The lowest BCUT2D eigenvalue weighted by molar-refractivity contribution is -0.853. The van der Waals surface area contributed by atoms with Gasteiger partial charge in [0.2, 0.25) is 0 Å². The van der Waals surface area contributed by atoms with Crippen molar-refractivity contribution in [2.45, 2.75) is 0 Å². The minimum absolute atomic E-state index is 0.920. The van der Waals surface area contributed by atoms with E-state index in [9.17, 15) is 0 Å². The fourth-order valence-electron chi connectivity index (χ4n) is 0.888. The molecule has 0 unspecified atom stereocenters. The molecule has 48 valence electrons. The van der Waals surface area contributed by atoms with Gasteiger partial charge in [0.25, 0.3) is 0 Å². The topological polar surface area (TPSA) is 31.5 Å². The van der Waals surface area contributed by atoms with E-state index in [1.807, 2.05) is 0 Å². The molecule has 0 amide bonds. The normalized spacial score (nSPS) is 26.2. The lowest BCUT2D eigenvalue weighted by Crippen LogP contribution is -3.08. The second-order valence-electron chi connectivity index (χ2n) is 2.41. The van der Waals surface area contributed by atoms with E-state index in [0.29, 0.717) is 0 Å². The highest BCUT2D eigenvalue weighted by Gasteiger charge is 2.08. The first kappa shape index (κ1) is 6.01. The van der Waals surface area contributed by atoms with E-state index < -0.39 is 0 Å². The minimum Gasteiger partial charge on any atom is -0.469 e. The van der Waals surface area contributed by atoms with Gasteiger partial charge in [0.05, 0.1) is 13.1 Å². The third kappa shape index (κ3) is 1.43. The molecule has 0 bridgehead atoms. The number of quaternary nitrogens is 1. The van der Waals surface area contributed by atoms with Crippen LogP contribution in [-0.2, 0) is 0 Å². The van der Waals surface area contributed by atoms with Gasteiger partial charge in [-0.1, -0.05) is 0 Å². The second kappa shape index (κ2) is 2.44. The van der Waals surface area contributed by atoms with Crippen molar-refractivity contribution in [2.24, 2.45) is 0 Å². The maximum absolute atomic E-state index is 7.25. The zero-order chi connectivity index (χ0) is 5.98. The summed E-state index contributed by atoms with van der Waals surface area (Å²) in [5, 5.41) is 0.920. The second-order valence-corrected chi connectivity index (χ2v) is 2.41. The first-order valence-corrected chi connectivity index (χ1v) is 3.04. The van der Waals surface area contributed by atoms with E-state index in [-0.39, 0.29) is 0 Å². The third-order valence-corrected chi connectivity index (χ3v) is 1.59. The van der Waals surface area contributed by atoms with Gasteiger partial charge in [-0.2, -0.15) is 0 Å². The average molecular weight is 115 g/mol. The molecule has 8 heavy (non-hydrogen) atoms. The maximum atomic E-state index is 7.25. The Hall–Kier alpha value is -0.120. The van der Waals surface area contributed by atoms with E-state index in [1.54, 1.807) is 0 Å². The van der Waals surface area contributed by atoms with Gasteiger partial charge >= 0.3 is 0 Å². The van der Waals surface area contributed by atoms with Crippen LogP contribution < -0.4 is 5.01 Å². The van der Waals surface area contributed by atoms with Gasteiger partial charge in [-0.3, -0.25) is 4.90 Å². The van der Waals surface area contributed by atoms with Crippen molar-refractivity contribution in [1.82, 2.24) is 4.90 Å². The minimum atomic E-state index is 0.920. The number of nitrogens with one attached hydrogen (secondary N) is 2. The number of rotatable bonds is 0. The molecule has 3 heteroatoms. The summed E-state index contributed by atoms with van der Waals surface area (Å²) in [6, 6.07) is 0. The van der Waals surface area contributed by atoms with Crippen molar-refractivity contribution in [2.75, 3.05) is 33.2 Å². The van der Waals surface area contributed by atoms with E-state index in [2.05, 4.69) is 11.9 Å². The molecule has 0 atom stereocenters. The molecule has 1 heterocycles. The molecule has 0 aliphatic carbocycles. The molecule has 0 radical (unpaired) electrons. The number of nitrogens with zero attached hydrogens (tertiary/aromatic N) is 1. The molecule has 0 aromatic heterocycles. The van der Waals surface area contributed by atoms with Crippen LogP contribution in [-0.4, -0.2) is 38.1 Å². The van der Waals surface area contributed by atoms with Gasteiger partial charge < -0.3 is 10.9 Å². The lowest BCUT2D eigenvalue weighted by Gasteiger charge is -2.31. The van der Waals surface area contributed by atoms with Crippen LogP contribution in [0.2, 0.25) is 0 Å². The Morgan fingerprint density at radius 2 is 1.88 bits per heavy atom. The molecule has 2 N–H and O–H groups in total. The van der Waals surface area contributed by atoms with E-state index in [0.717, 1.165) is 31.2 Å². The van der Waals surface area contributed by atoms with Crippen molar-refractivity contribution in [3.63, 3.8) is 0 Å². The van der Waals surface area contributed by atoms with Crippen LogP contribution in [0, 0.1) is 0 Å². The van der Waals surface area contributed by atoms with Gasteiger partial charge in [-0.25, -0.2) is 0 Å². The summed E-state index contributed by atoms with van der Waals surface area (Å²) in [6.45, 7) is 4.13. The highest BCUT2D eigenvalue weighted by Crippen LogP contribution is 1.79. The summed E-state index contributed by atoms with van der Waals surface area (Å²) in [6.07, 6.45) is 0. The van der Waals surface area contributed by atoms with Gasteiger partial charge in [-0.05, 0) is 7.05 Å². The van der Waals surface area contributed by atoms with Crippen LogP contribution in [0.4, 0.5) is 0 Å². The fraction of sp³-hybridized carbons (Fsp3) is 1.00. The fourth-order valence-corrected chi connectivity index (χ4v) is 0.888. The summed E-state index contributed by atoms with van der Waals surface area (Å²) in [5.41, 5.74) is 0. The van der Waals surface area contributed by atoms with E-state index in [1.165, 1.54) is 0 Å². The monoisotopic (exact) mass is 115 g/mol. The SMILES string of the molecule is CN1CC[NH+]([NH-])CC1. The van der Waals surface area contributed by atoms with Crippen molar-refractivity contribution in [3.8, 4) is 0 Å². The summed E-state index contributed by atoms with van der Waals surface area (Å²) < 4.78 is 0. The predicted octanol–water partition coefficient (Wildman–Crippen LogP) is -1.22. The average Bonchev–Trinajstić information content (AvgIpc) is 1.77. The Bertz CT molecular complexity index is 56.1. The molecule has 0 saturated carbocycles. The predicted molar refractivity (Wildman–Crippen MR) is 32.5 cm³/mol. The van der Waals surface area contributed by atoms with Crippen LogP contribution in [0.5, 0.6) is 0 Å². The first-order valence-electron chi connectivity index (χ1n) is 3.04. The highest BCUT2D eigenvalue weighted by molar-refractivity contribution is 4.52. The van der Waals surface area contributed by atoms with Gasteiger partial charge in [-0.15, -0.1) is 0 Å². The first-order chi connectivity index (χ1) is 3.79. The molecule has 0 aromatic carbocycles. The summed E-state index contributed by atoms with van der Waals surface area (Å²) in [4.78, 5) is 2.26. The summed E-state index contributed by atoms with van der Waals surface area (Å²) in [5.74, 6) is 7.25. The summed E-state index contributed by atoms with van der Waals surface area (Å²) >= 11 is 0. The zero-order valence-corrected chi connectivity index (χ0v) is 5.28. The summed E-state index contributed by atoms with van der Waals surface area (Å²) in [7, 11) is 2.10. The molecule has 1 aliphatic rings. The quantitative estimate of drug-likeness (QED) is 0.422. The molecular weight excluding hydrogens is 102 g/mol. The molecule has 1 fully saturated rings. The highest BCUT2D eigenvalue weighted by atomic mass is 15.4. The Kier molecular flexibility index (Phi) is 1.83. The van der Waals surface area contributed by atoms with Crippen LogP contribution in [0.1, 0.15) is 0 Å². The Morgan fingerprint density at radius 3 is 2.25 bits per heavy atom. The molecule has 0 aromatic rings. The molecule has 0 spiro atoms. The van der Waals surface area contributed by atoms with Crippen LogP contribution in [0.15, 0.2) is 0 Å². The van der Waals surface area contributed by atoms with Crippen molar-refractivity contribution < 1.29 is 5.01 Å². The maximum Gasteiger partial charge on any atom is 0.0811 e.